The molecular weight excluding hydrogens is 358 g/mol. The topological polar surface area (TPSA) is 306 Å². The van der Waals surface area contributed by atoms with Gasteiger partial charge in [0.2, 0.25) is 0 Å². The van der Waals surface area contributed by atoms with Gasteiger partial charge >= 0.3 is 46.3 Å². The van der Waals surface area contributed by atoms with Crippen LogP contribution in [0.25, 0.3) is 0 Å². The van der Waals surface area contributed by atoms with Crippen LogP contribution in [0.5, 0.6) is 0 Å². The summed E-state index contributed by atoms with van der Waals surface area (Å²) in [7, 11) is 0. The van der Waals surface area contributed by atoms with Gasteiger partial charge < -0.3 is 46.0 Å². The van der Waals surface area contributed by atoms with Crippen molar-refractivity contribution in [2.75, 3.05) is 0 Å². The first-order valence-electron chi connectivity index (χ1n) is 2.24. The van der Waals surface area contributed by atoms with Gasteiger partial charge in [-0.15, -0.1) is 30.7 Å². The fourth-order valence-corrected chi connectivity index (χ4v) is 0. The maximum atomic E-state index is 8.11. The average Bonchev–Trinajstić information content (AvgIpc) is 2.23. The third-order valence-electron chi connectivity index (χ3n) is 0. The Morgan fingerprint density at radius 2 is 0.550 bits per heavy atom. The molecule has 0 aromatic heterocycles. The summed E-state index contributed by atoms with van der Waals surface area (Å²) in [4.78, 5) is 48.3. The molecule has 0 fully saturated rings. The van der Waals surface area contributed by atoms with Gasteiger partial charge in [0.25, 0.3) is 0 Å². The van der Waals surface area contributed by atoms with Gasteiger partial charge in [-0.2, -0.15) is 0 Å². The Balaban J connectivity index is -0.0000000141. The summed E-state index contributed by atoms with van der Waals surface area (Å²) in [6.45, 7) is 0. The van der Waals surface area contributed by atoms with Crippen LogP contribution in [0, 0.1) is 45.1 Å². The second-order valence-electron chi connectivity index (χ2n) is 0.469. The van der Waals surface area contributed by atoms with Crippen molar-refractivity contribution in [3.8, 4) is 0 Å². The SMILES string of the molecule is O=NO.O=NO.O=NO.O=N[O-].O=N[O-].O=N[O-].[Co+2].[Na+]. The van der Waals surface area contributed by atoms with E-state index >= 15 is 0 Å². The molecule has 18 nitrogen and oxygen atoms in total. The first-order chi connectivity index (χ1) is 8.49. The molecule has 0 aliphatic heterocycles. The molecule has 1 radical (unpaired) electrons. The van der Waals surface area contributed by atoms with E-state index in [0.717, 1.165) is 16.0 Å². The summed E-state index contributed by atoms with van der Waals surface area (Å²) in [5.74, 6) is 0. The molecular formula is H3CoN6NaO12. The van der Waals surface area contributed by atoms with E-state index in [2.05, 4.69) is 0 Å². The van der Waals surface area contributed by atoms with E-state index < -0.39 is 0 Å². The van der Waals surface area contributed by atoms with Crippen LogP contribution in [0.1, 0.15) is 0 Å². The predicted molar refractivity (Wildman–Crippen MR) is 50.2 cm³/mol. The van der Waals surface area contributed by atoms with Crippen molar-refractivity contribution >= 4 is 0 Å². The van der Waals surface area contributed by atoms with Crippen LogP contribution in [0.15, 0.2) is 32.0 Å². The summed E-state index contributed by atoms with van der Waals surface area (Å²) >= 11 is 0. The molecule has 3 N–H and O–H groups in total. The van der Waals surface area contributed by atoms with Crippen LogP contribution in [0.2, 0.25) is 0 Å². The van der Waals surface area contributed by atoms with Crippen molar-refractivity contribution in [3.05, 3.63) is 45.1 Å². The standard InChI is InChI=1S/Co.6HNO2.Na/c;6*2-1-3;/h;6*(H,2,3);/q+2;;;;;;;+1/p-3. The second-order valence-corrected chi connectivity index (χ2v) is 0.469. The number of nitrogens with zero attached hydrogens (tertiary/aromatic N) is 6. The molecule has 0 saturated heterocycles. The number of hydrogen-bond acceptors (Lipinski definition) is 15. The zero-order chi connectivity index (χ0) is 16.2. The van der Waals surface area contributed by atoms with E-state index in [9.17, 15) is 0 Å². The van der Waals surface area contributed by atoms with Crippen LogP contribution in [-0.2, 0) is 16.8 Å². The Kier molecular flexibility index (Phi) is 731. The Labute approximate surface area is 139 Å². The van der Waals surface area contributed by atoms with E-state index in [1.807, 2.05) is 0 Å². The molecule has 0 spiro atoms. The van der Waals surface area contributed by atoms with Crippen molar-refractivity contribution < 1.29 is 62.0 Å². The Morgan fingerprint density at radius 3 is 0.550 bits per heavy atom. The van der Waals surface area contributed by atoms with E-state index in [1.54, 1.807) is 0 Å². The minimum atomic E-state index is 0. The molecule has 0 aromatic rings. The van der Waals surface area contributed by atoms with Crippen molar-refractivity contribution in [1.82, 2.24) is 0 Å². The quantitative estimate of drug-likeness (QED) is 0.244. The summed E-state index contributed by atoms with van der Waals surface area (Å²) in [5.41, 5.74) is 0. The van der Waals surface area contributed by atoms with Crippen LogP contribution < -0.4 is 29.6 Å². The van der Waals surface area contributed by atoms with Gasteiger partial charge in [0.1, 0.15) is 0 Å². The summed E-state index contributed by atoms with van der Waals surface area (Å²) in [5, 5.41) is 50.7. The van der Waals surface area contributed by atoms with Crippen LogP contribution in [-0.4, -0.2) is 15.6 Å². The fraction of sp³-hybridized carbons (Fsp3) is 0. The van der Waals surface area contributed by atoms with Crippen molar-refractivity contribution in [1.29, 1.82) is 0 Å². The molecule has 0 rings (SSSR count). The van der Waals surface area contributed by atoms with Gasteiger partial charge in [-0.25, -0.2) is 0 Å². The van der Waals surface area contributed by atoms with Crippen LogP contribution >= 0.6 is 0 Å². The van der Waals surface area contributed by atoms with Crippen LogP contribution in [0.4, 0.5) is 0 Å². The van der Waals surface area contributed by atoms with E-state index in [4.69, 9.17) is 60.7 Å². The normalized spacial score (nSPS) is 3.60. The van der Waals surface area contributed by atoms with E-state index in [1.165, 1.54) is 16.0 Å². The molecule has 0 saturated carbocycles. The van der Waals surface area contributed by atoms with Gasteiger partial charge in [-0.1, -0.05) is 0 Å². The monoisotopic (exact) mass is 361 g/mol. The first kappa shape index (κ1) is 52.2. The average molecular weight is 361 g/mol. The molecule has 0 aromatic carbocycles. The van der Waals surface area contributed by atoms with Crippen molar-refractivity contribution in [2.24, 2.45) is 32.0 Å². The van der Waals surface area contributed by atoms with Gasteiger partial charge in [0, 0.05) is 0 Å². The van der Waals surface area contributed by atoms with Gasteiger partial charge in [0.15, 0.2) is 16.0 Å². The third kappa shape index (κ3) is 806. The Hall–Kier alpha value is -2.09. The van der Waals surface area contributed by atoms with Crippen LogP contribution in [0.3, 0.4) is 0 Å². The molecule has 0 bridgehead atoms. The zero-order valence-electron chi connectivity index (χ0n) is 9.03. The smallest absolute Gasteiger partial charge is 0.444 e. The maximum Gasteiger partial charge on any atom is 2.00 e. The Morgan fingerprint density at radius 1 is 0.550 bits per heavy atom. The van der Waals surface area contributed by atoms with E-state index in [-0.39, 0.29) is 46.3 Å². The largest absolute Gasteiger partial charge is 2.00 e. The van der Waals surface area contributed by atoms with Crippen molar-refractivity contribution in [2.45, 2.75) is 0 Å². The summed E-state index contributed by atoms with van der Waals surface area (Å²) < 4.78 is 0. The van der Waals surface area contributed by atoms with Gasteiger partial charge in [-0.05, 0) is 0 Å². The predicted octanol–water partition coefficient (Wildman–Crippen LogP) is -1.82. The van der Waals surface area contributed by atoms with Crippen molar-refractivity contribution in [3.63, 3.8) is 0 Å². The van der Waals surface area contributed by atoms with E-state index in [0.29, 0.717) is 0 Å². The fourth-order valence-electron chi connectivity index (χ4n) is 0. The molecule has 0 amide bonds. The molecule has 115 valence electrons. The molecule has 0 atom stereocenters. The molecule has 0 aliphatic carbocycles. The zero-order valence-corrected chi connectivity index (χ0v) is 12.1. The summed E-state index contributed by atoms with van der Waals surface area (Å²) in [6, 6.07) is 0. The second kappa shape index (κ2) is 280. The molecule has 0 heterocycles. The number of hydrogen-bond donors (Lipinski definition) is 3. The Bertz CT molecular complexity index is 119. The first-order valence-corrected chi connectivity index (χ1v) is 2.24. The maximum absolute atomic E-state index is 8.11. The molecule has 20 heavy (non-hydrogen) atoms. The summed E-state index contributed by atoms with van der Waals surface area (Å²) in [6.07, 6.45) is 0. The minimum absolute atomic E-state index is 0. The molecule has 0 unspecified atom stereocenters. The third-order valence-corrected chi connectivity index (χ3v) is 0. The minimum Gasteiger partial charge on any atom is -0.444 e. The molecule has 20 heteroatoms. The number of rotatable bonds is 0. The molecule has 0 aliphatic rings. The van der Waals surface area contributed by atoms with Gasteiger partial charge in [0.05, 0.1) is 0 Å². The van der Waals surface area contributed by atoms with Gasteiger partial charge in [-0.3, -0.25) is 0 Å².